The number of nitrogens with zero attached hydrogens (tertiary/aromatic N) is 6. The fourth-order valence-corrected chi connectivity index (χ4v) is 6.95. The van der Waals surface area contributed by atoms with Crippen LogP contribution in [0.3, 0.4) is 0 Å². The van der Waals surface area contributed by atoms with Crippen LogP contribution in [0, 0.1) is 18.6 Å². The van der Waals surface area contributed by atoms with Gasteiger partial charge in [-0.3, -0.25) is 9.47 Å². The summed E-state index contributed by atoms with van der Waals surface area (Å²) in [5.74, 6) is 1.03. The second-order valence-electron chi connectivity index (χ2n) is 9.66. The summed E-state index contributed by atoms with van der Waals surface area (Å²) in [5.41, 5.74) is 1.76. The van der Waals surface area contributed by atoms with Gasteiger partial charge in [0, 0.05) is 45.3 Å². The van der Waals surface area contributed by atoms with Crippen molar-refractivity contribution in [3.05, 3.63) is 34.1 Å². The SMILES string of the molecule is Cc1ccc(C)c(S(=O)(=O)N2CCN(Cn3nc(N4CCCCC4)n(C4CC4)c3=S)CC2)c1. The predicted octanol–water partition coefficient (Wildman–Crippen LogP) is 3.32. The summed E-state index contributed by atoms with van der Waals surface area (Å²) in [4.78, 5) is 5.07. The van der Waals surface area contributed by atoms with Crippen molar-refractivity contribution in [2.24, 2.45) is 0 Å². The topological polar surface area (TPSA) is 66.6 Å². The third-order valence-electron chi connectivity index (χ3n) is 7.03. The Kier molecular flexibility index (Phi) is 6.37. The molecule has 1 aromatic heterocycles. The van der Waals surface area contributed by atoms with E-state index < -0.39 is 10.0 Å². The van der Waals surface area contributed by atoms with E-state index in [9.17, 15) is 8.42 Å². The lowest BCUT2D eigenvalue weighted by molar-refractivity contribution is 0.144. The molecule has 10 heteroatoms. The summed E-state index contributed by atoms with van der Waals surface area (Å²) in [6.45, 7) is 8.79. The number of rotatable bonds is 6. The smallest absolute Gasteiger partial charge is 0.243 e. The third-order valence-corrected chi connectivity index (χ3v) is 9.48. The number of hydrogen-bond donors (Lipinski definition) is 0. The molecule has 2 saturated heterocycles. The standard InChI is InChI=1S/C23H34N6O2S2/c1-18-6-7-19(2)21(16-18)33(30,31)27-14-12-25(13-15-27)17-28-23(32)29(20-8-9-20)22(24-28)26-10-4-3-5-11-26/h6-7,16,20H,3-5,8-15,17H2,1-2H3. The molecule has 180 valence electrons. The maximum Gasteiger partial charge on any atom is 0.243 e. The lowest BCUT2D eigenvalue weighted by atomic mass is 10.1. The third kappa shape index (κ3) is 4.62. The van der Waals surface area contributed by atoms with E-state index in [4.69, 9.17) is 17.3 Å². The van der Waals surface area contributed by atoms with Gasteiger partial charge in [-0.15, -0.1) is 5.10 Å². The van der Waals surface area contributed by atoms with Crippen LogP contribution < -0.4 is 4.90 Å². The minimum absolute atomic E-state index is 0.424. The largest absolute Gasteiger partial charge is 0.341 e. The van der Waals surface area contributed by atoms with Crippen LogP contribution >= 0.6 is 12.2 Å². The van der Waals surface area contributed by atoms with Gasteiger partial charge in [0.05, 0.1) is 11.6 Å². The number of anilines is 1. The van der Waals surface area contributed by atoms with E-state index in [0.29, 0.717) is 43.8 Å². The van der Waals surface area contributed by atoms with Gasteiger partial charge in [0.25, 0.3) is 0 Å². The summed E-state index contributed by atoms with van der Waals surface area (Å²) in [5, 5.41) is 4.95. The van der Waals surface area contributed by atoms with E-state index in [1.54, 1.807) is 10.4 Å². The molecule has 1 saturated carbocycles. The molecule has 0 unspecified atom stereocenters. The van der Waals surface area contributed by atoms with Gasteiger partial charge >= 0.3 is 0 Å². The van der Waals surface area contributed by atoms with Crippen molar-refractivity contribution in [1.82, 2.24) is 23.6 Å². The zero-order chi connectivity index (χ0) is 23.2. The van der Waals surface area contributed by atoms with Crippen molar-refractivity contribution in [3.63, 3.8) is 0 Å². The van der Waals surface area contributed by atoms with Gasteiger partial charge in [0.1, 0.15) is 0 Å². The Morgan fingerprint density at radius 1 is 1.00 bits per heavy atom. The van der Waals surface area contributed by atoms with E-state index in [1.165, 1.54) is 32.1 Å². The fourth-order valence-electron chi connectivity index (χ4n) is 4.89. The lowest BCUT2D eigenvalue weighted by Crippen LogP contribution is -2.49. The van der Waals surface area contributed by atoms with Crippen molar-refractivity contribution < 1.29 is 8.42 Å². The maximum absolute atomic E-state index is 13.2. The van der Waals surface area contributed by atoms with Crippen LogP contribution in [0.15, 0.2) is 23.1 Å². The molecule has 0 N–H and O–H groups in total. The van der Waals surface area contributed by atoms with E-state index in [-0.39, 0.29) is 0 Å². The highest BCUT2D eigenvalue weighted by Gasteiger charge is 2.33. The van der Waals surface area contributed by atoms with E-state index in [2.05, 4.69) is 14.4 Å². The number of piperidine rings is 1. The molecule has 2 aromatic rings. The molecule has 8 nitrogen and oxygen atoms in total. The highest BCUT2D eigenvalue weighted by Crippen LogP contribution is 2.38. The minimum atomic E-state index is -3.49. The van der Waals surface area contributed by atoms with E-state index in [1.807, 2.05) is 30.7 Å². The molecule has 1 aromatic carbocycles. The summed E-state index contributed by atoms with van der Waals surface area (Å²) in [6.07, 6.45) is 6.06. The number of hydrogen-bond acceptors (Lipinski definition) is 6. The Balaban J connectivity index is 1.29. The zero-order valence-electron chi connectivity index (χ0n) is 19.6. The van der Waals surface area contributed by atoms with Crippen LogP contribution in [0.1, 0.15) is 49.3 Å². The predicted molar refractivity (Wildman–Crippen MR) is 132 cm³/mol. The van der Waals surface area contributed by atoms with Gasteiger partial charge < -0.3 is 4.90 Å². The van der Waals surface area contributed by atoms with Crippen LogP contribution in [0.5, 0.6) is 0 Å². The van der Waals surface area contributed by atoms with Crippen molar-refractivity contribution in [2.45, 2.75) is 63.6 Å². The second kappa shape index (κ2) is 9.13. The van der Waals surface area contributed by atoms with Crippen LogP contribution in [0.4, 0.5) is 5.95 Å². The molecule has 0 amide bonds. The highest BCUT2D eigenvalue weighted by molar-refractivity contribution is 7.89. The first kappa shape index (κ1) is 23.0. The number of benzene rings is 1. The normalized spacial score (nSPS) is 21.0. The van der Waals surface area contributed by atoms with Crippen molar-refractivity contribution >= 4 is 28.2 Å². The molecule has 3 fully saturated rings. The van der Waals surface area contributed by atoms with Crippen LogP contribution in [0.2, 0.25) is 0 Å². The van der Waals surface area contributed by atoms with Gasteiger partial charge in [0.15, 0.2) is 0 Å². The minimum Gasteiger partial charge on any atom is -0.341 e. The van der Waals surface area contributed by atoms with Crippen molar-refractivity contribution in [2.75, 3.05) is 44.2 Å². The lowest BCUT2D eigenvalue weighted by Gasteiger charge is -2.34. The van der Waals surface area contributed by atoms with Crippen LogP contribution in [0.25, 0.3) is 0 Å². The highest BCUT2D eigenvalue weighted by atomic mass is 32.2. The summed E-state index contributed by atoms with van der Waals surface area (Å²) in [7, 11) is -3.49. The molecular formula is C23H34N6O2S2. The zero-order valence-corrected chi connectivity index (χ0v) is 21.2. The van der Waals surface area contributed by atoms with Crippen molar-refractivity contribution in [3.8, 4) is 0 Å². The molecule has 3 aliphatic rings. The Morgan fingerprint density at radius 2 is 1.70 bits per heavy atom. The first-order valence-corrected chi connectivity index (χ1v) is 13.9. The molecule has 0 atom stereocenters. The van der Waals surface area contributed by atoms with Crippen LogP contribution in [-0.2, 0) is 16.7 Å². The van der Waals surface area contributed by atoms with Gasteiger partial charge in [-0.1, -0.05) is 12.1 Å². The van der Waals surface area contributed by atoms with Crippen molar-refractivity contribution in [1.29, 1.82) is 0 Å². The molecule has 1 aliphatic carbocycles. The van der Waals surface area contributed by atoms with E-state index in [0.717, 1.165) is 34.9 Å². The average molecular weight is 491 g/mol. The molecule has 3 heterocycles. The number of sulfonamides is 1. The molecule has 5 rings (SSSR count). The monoisotopic (exact) mass is 490 g/mol. The van der Waals surface area contributed by atoms with Gasteiger partial charge in [-0.2, -0.15) is 4.31 Å². The molecule has 33 heavy (non-hydrogen) atoms. The number of aryl methyl sites for hydroxylation is 2. The second-order valence-corrected chi connectivity index (χ2v) is 11.9. The molecule has 2 aliphatic heterocycles. The first-order valence-electron chi connectivity index (χ1n) is 12.1. The number of aromatic nitrogens is 3. The molecule has 0 bridgehead atoms. The maximum atomic E-state index is 13.2. The Hall–Kier alpha value is -1.75. The Labute approximate surface area is 201 Å². The summed E-state index contributed by atoms with van der Waals surface area (Å²) < 4.78 is 33.1. The first-order chi connectivity index (χ1) is 15.8. The molecular weight excluding hydrogens is 456 g/mol. The van der Waals surface area contributed by atoms with Gasteiger partial charge in [-0.25, -0.2) is 13.1 Å². The molecule has 0 radical (unpaired) electrons. The summed E-state index contributed by atoms with van der Waals surface area (Å²) in [6, 6.07) is 6.11. The Morgan fingerprint density at radius 3 is 2.36 bits per heavy atom. The Bertz CT molecular complexity index is 1170. The molecule has 0 spiro atoms. The van der Waals surface area contributed by atoms with E-state index >= 15 is 0 Å². The summed E-state index contributed by atoms with van der Waals surface area (Å²) >= 11 is 5.84. The van der Waals surface area contributed by atoms with Crippen LogP contribution in [-0.4, -0.2) is 71.2 Å². The van der Waals surface area contributed by atoms with Gasteiger partial charge in [-0.05, 0) is 75.4 Å². The quantitative estimate of drug-likeness (QED) is 0.579. The fraction of sp³-hybridized carbons (Fsp3) is 0.652. The van der Waals surface area contributed by atoms with Gasteiger partial charge in [0.2, 0.25) is 20.7 Å². The average Bonchev–Trinajstić information content (AvgIpc) is 3.60. The number of piperazine rings is 1.